The topological polar surface area (TPSA) is 61.4 Å². The average Bonchev–Trinajstić information content (AvgIpc) is 2.24. The lowest BCUT2D eigenvalue weighted by molar-refractivity contribution is -0.138. The van der Waals surface area contributed by atoms with Crippen LogP contribution in [0.2, 0.25) is 0 Å². The predicted octanol–water partition coefficient (Wildman–Crippen LogP) is 1.39. The van der Waals surface area contributed by atoms with Crippen LogP contribution in [0.5, 0.6) is 0 Å². The van der Waals surface area contributed by atoms with E-state index in [9.17, 15) is 4.79 Å². The third-order valence-electron chi connectivity index (χ3n) is 2.75. The molecule has 0 radical (unpaired) electrons. The quantitative estimate of drug-likeness (QED) is 0.704. The van der Waals surface area contributed by atoms with Crippen LogP contribution in [0, 0.1) is 13.8 Å². The van der Waals surface area contributed by atoms with Gasteiger partial charge in [-0.3, -0.25) is 4.79 Å². The molecule has 0 fully saturated rings. The zero-order valence-electron chi connectivity index (χ0n) is 9.87. The van der Waals surface area contributed by atoms with E-state index in [2.05, 4.69) is 10.6 Å². The largest absolute Gasteiger partial charge is 0.480 e. The van der Waals surface area contributed by atoms with E-state index in [1.165, 1.54) is 5.56 Å². The van der Waals surface area contributed by atoms with E-state index < -0.39 is 12.0 Å². The zero-order valence-corrected chi connectivity index (χ0v) is 9.87. The van der Waals surface area contributed by atoms with Crippen molar-refractivity contribution >= 4 is 11.7 Å². The number of likely N-dealkylation sites (N-methyl/N-ethyl adjacent to an activating group) is 1. The molecular formula is C12H18N2O2. The van der Waals surface area contributed by atoms with Gasteiger partial charge in [-0.05, 0) is 38.1 Å². The van der Waals surface area contributed by atoms with Gasteiger partial charge in [0.2, 0.25) is 0 Å². The van der Waals surface area contributed by atoms with Gasteiger partial charge in [-0.25, -0.2) is 0 Å². The van der Waals surface area contributed by atoms with Gasteiger partial charge in [0.05, 0.1) is 0 Å². The number of carbonyl (C=O) groups is 1. The van der Waals surface area contributed by atoms with Gasteiger partial charge < -0.3 is 15.7 Å². The summed E-state index contributed by atoms with van der Waals surface area (Å²) in [5.41, 5.74) is 3.34. The molecule has 0 bridgehead atoms. The predicted molar refractivity (Wildman–Crippen MR) is 64.9 cm³/mol. The zero-order chi connectivity index (χ0) is 12.1. The third-order valence-corrected chi connectivity index (χ3v) is 2.75. The Labute approximate surface area is 95.7 Å². The van der Waals surface area contributed by atoms with E-state index in [0.717, 1.165) is 11.3 Å². The highest BCUT2D eigenvalue weighted by atomic mass is 16.4. The average molecular weight is 222 g/mol. The minimum Gasteiger partial charge on any atom is -0.480 e. The number of carboxylic acid groups (broad SMARTS) is 1. The first-order chi connectivity index (χ1) is 7.56. The summed E-state index contributed by atoms with van der Waals surface area (Å²) in [5, 5.41) is 14.8. The molecule has 0 aliphatic heterocycles. The maximum absolute atomic E-state index is 10.8. The molecular weight excluding hydrogens is 204 g/mol. The smallest absolute Gasteiger partial charge is 0.322 e. The van der Waals surface area contributed by atoms with Crippen molar-refractivity contribution in [3.05, 3.63) is 29.3 Å². The summed E-state index contributed by atoms with van der Waals surface area (Å²) in [5.74, 6) is -0.847. The Balaban J connectivity index is 2.67. The molecule has 0 aromatic heterocycles. The summed E-state index contributed by atoms with van der Waals surface area (Å²) in [7, 11) is 1.64. The molecule has 1 aromatic carbocycles. The molecule has 1 rings (SSSR count). The van der Waals surface area contributed by atoms with Crippen molar-refractivity contribution in [3.8, 4) is 0 Å². The van der Waals surface area contributed by atoms with Crippen molar-refractivity contribution in [1.82, 2.24) is 5.32 Å². The van der Waals surface area contributed by atoms with Gasteiger partial charge in [0.1, 0.15) is 6.04 Å². The Hall–Kier alpha value is -1.55. The summed E-state index contributed by atoms with van der Waals surface area (Å²) in [6, 6.07) is 5.38. The minimum absolute atomic E-state index is 0.371. The first kappa shape index (κ1) is 12.5. The Kier molecular flexibility index (Phi) is 4.31. The standard InChI is InChI=1S/C12H18N2O2/c1-8-5-4-6-10(9(8)2)14-7-11(13-3)12(15)16/h4-6,11,13-14H,7H2,1-3H3,(H,15,16). The van der Waals surface area contributed by atoms with Gasteiger partial charge in [0, 0.05) is 12.2 Å². The van der Waals surface area contributed by atoms with Crippen LogP contribution in [0.3, 0.4) is 0 Å². The molecule has 1 unspecified atom stereocenters. The molecule has 16 heavy (non-hydrogen) atoms. The number of hydrogen-bond acceptors (Lipinski definition) is 3. The molecule has 4 heteroatoms. The fourth-order valence-electron chi connectivity index (χ4n) is 1.47. The van der Waals surface area contributed by atoms with Crippen LogP contribution in [0.15, 0.2) is 18.2 Å². The van der Waals surface area contributed by atoms with E-state index in [1.807, 2.05) is 32.0 Å². The van der Waals surface area contributed by atoms with Gasteiger partial charge in [-0.1, -0.05) is 12.1 Å². The summed E-state index contributed by atoms with van der Waals surface area (Å²) < 4.78 is 0. The summed E-state index contributed by atoms with van der Waals surface area (Å²) >= 11 is 0. The van der Waals surface area contributed by atoms with Crippen molar-refractivity contribution in [1.29, 1.82) is 0 Å². The fourth-order valence-corrected chi connectivity index (χ4v) is 1.47. The molecule has 3 N–H and O–H groups in total. The summed E-state index contributed by atoms with van der Waals surface area (Å²) in [6.45, 7) is 4.43. The van der Waals surface area contributed by atoms with E-state index in [4.69, 9.17) is 5.11 Å². The van der Waals surface area contributed by atoms with Crippen molar-refractivity contribution in [2.24, 2.45) is 0 Å². The Morgan fingerprint density at radius 3 is 2.69 bits per heavy atom. The highest BCUT2D eigenvalue weighted by Crippen LogP contribution is 2.17. The van der Waals surface area contributed by atoms with Gasteiger partial charge in [-0.2, -0.15) is 0 Å². The first-order valence-electron chi connectivity index (χ1n) is 5.26. The maximum Gasteiger partial charge on any atom is 0.322 e. The van der Waals surface area contributed by atoms with Crippen LogP contribution in [-0.2, 0) is 4.79 Å². The van der Waals surface area contributed by atoms with Crippen molar-refractivity contribution in [3.63, 3.8) is 0 Å². The second-order valence-electron chi connectivity index (χ2n) is 3.81. The van der Waals surface area contributed by atoms with Crippen LogP contribution in [0.4, 0.5) is 5.69 Å². The van der Waals surface area contributed by atoms with Gasteiger partial charge in [0.25, 0.3) is 0 Å². The van der Waals surface area contributed by atoms with Gasteiger partial charge >= 0.3 is 5.97 Å². The molecule has 4 nitrogen and oxygen atoms in total. The number of carboxylic acids is 1. The van der Waals surface area contributed by atoms with E-state index in [-0.39, 0.29) is 0 Å². The molecule has 0 saturated heterocycles. The maximum atomic E-state index is 10.8. The van der Waals surface area contributed by atoms with E-state index in [0.29, 0.717) is 6.54 Å². The van der Waals surface area contributed by atoms with Crippen LogP contribution < -0.4 is 10.6 Å². The van der Waals surface area contributed by atoms with Crippen LogP contribution in [0.25, 0.3) is 0 Å². The Bertz CT molecular complexity index is 377. The molecule has 0 aliphatic rings. The van der Waals surface area contributed by atoms with Crippen molar-refractivity contribution < 1.29 is 9.90 Å². The number of nitrogens with one attached hydrogen (secondary N) is 2. The molecule has 1 atom stereocenters. The highest BCUT2D eigenvalue weighted by Gasteiger charge is 2.14. The molecule has 1 aromatic rings. The first-order valence-corrected chi connectivity index (χ1v) is 5.26. The van der Waals surface area contributed by atoms with E-state index in [1.54, 1.807) is 7.05 Å². The number of anilines is 1. The number of aryl methyl sites for hydroxylation is 1. The minimum atomic E-state index is -0.847. The third kappa shape index (κ3) is 2.97. The summed E-state index contributed by atoms with van der Waals surface area (Å²) in [4.78, 5) is 10.8. The highest BCUT2D eigenvalue weighted by molar-refractivity contribution is 5.74. The SMILES string of the molecule is CNC(CNc1cccc(C)c1C)C(=O)O. The van der Waals surface area contributed by atoms with Crippen LogP contribution in [-0.4, -0.2) is 30.7 Å². The molecule has 0 spiro atoms. The molecule has 0 aliphatic carbocycles. The lowest BCUT2D eigenvalue weighted by Crippen LogP contribution is -2.39. The van der Waals surface area contributed by atoms with Crippen LogP contribution >= 0.6 is 0 Å². The number of hydrogen-bond donors (Lipinski definition) is 3. The summed E-state index contributed by atoms with van der Waals surface area (Å²) in [6.07, 6.45) is 0. The lowest BCUT2D eigenvalue weighted by Gasteiger charge is -2.15. The van der Waals surface area contributed by atoms with Crippen molar-refractivity contribution in [2.75, 3.05) is 18.9 Å². The molecule has 88 valence electrons. The Morgan fingerprint density at radius 2 is 2.12 bits per heavy atom. The van der Waals surface area contributed by atoms with E-state index >= 15 is 0 Å². The van der Waals surface area contributed by atoms with Gasteiger partial charge in [0.15, 0.2) is 0 Å². The molecule has 0 saturated carbocycles. The van der Waals surface area contributed by atoms with Crippen molar-refractivity contribution in [2.45, 2.75) is 19.9 Å². The fraction of sp³-hybridized carbons (Fsp3) is 0.417. The Morgan fingerprint density at radius 1 is 1.44 bits per heavy atom. The van der Waals surface area contributed by atoms with Crippen LogP contribution in [0.1, 0.15) is 11.1 Å². The number of benzene rings is 1. The molecule has 0 heterocycles. The second kappa shape index (κ2) is 5.51. The second-order valence-corrected chi connectivity index (χ2v) is 3.81. The number of rotatable bonds is 5. The monoisotopic (exact) mass is 222 g/mol. The van der Waals surface area contributed by atoms with Gasteiger partial charge in [-0.15, -0.1) is 0 Å². The molecule has 0 amide bonds. The normalized spacial score (nSPS) is 12.2. The number of aliphatic carboxylic acids is 1. The lowest BCUT2D eigenvalue weighted by atomic mass is 10.1.